The molecule has 5 nitrogen and oxygen atoms in total. The first-order chi connectivity index (χ1) is 7.56. The highest BCUT2D eigenvalue weighted by atomic mass is 16.3. The Kier molecular flexibility index (Phi) is 2.96. The highest BCUT2D eigenvalue weighted by Gasteiger charge is 2.27. The largest absolute Gasteiger partial charge is 0.393 e. The summed E-state index contributed by atoms with van der Waals surface area (Å²) in [5.41, 5.74) is 0.477. The second-order valence-electron chi connectivity index (χ2n) is 4.61. The van der Waals surface area contributed by atoms with Gasteiger partial charge in [-0.25, -0.2) is 0 Å². The van der Waals surface area contributed by atoms with E-state index in [0.717, 1.165) is 19.4 Å². The van der Waals surface area contributed by atoms with E-state index in [2.05, 4.69) is 5.10 Å². The molecule has 1 aromatic rings. The number of aliphatic hydroxyl groups is 1. The van der Waals surface area contributed by atoms with Crippen LogP contribution in [0.5, 0.6) is 0 Å². The third-order valence-electron chi connectivity index (χ3n) is 2.92. The molecule has 2 rings (SSSR count). The molecule has 1 aliphatic carbocycles. The first kappa shape index (κ1) is 11.1. The van der Waals surface area contributed by atoms with Gasteiger partial charge < -0.3 is 10.0 Å². The lowest BCUT2D eigenvalue weighted by atomic mass is 9.82. The van der Waals surface area contributed by atoms with Crippen molar-refractivity contribution in [3.05, 3.63) is 18.0 Å². The monoisotopic (exact) mass is 223 g/mol. The maximum atomic E-state index is 11.6. The number of carbonyl (C=O) groups excluding carboxylic acids is 1. The summed E-state index contributed by atoms with van der Waals surface area (Å²) in [4.78, 5) is 13.1. The molecular weight excluding hydrogens is 206 g/mol. The summed E-state index contributed by atoms with van der Waals surface area (Å²) < 4.78 is 1.78. The summed E-state index contributed by atoms with van der Waals surface area (Å²) in [6, 6.07) is 1.73. The first-order valence-corrected chi connectivity index (χ1v) is 5.49. The number of amides is 1. The second-order valence-corrected chi connectivity index (χ2v) is 4.61. The summed E-state index contributed by atoms with van der Waals surface area (Å²) in [5, 5.41) is 13.4. The number of nitrogens with zero attached hydrogens (tertiary/aromatic N) is 3. The number of aliphatic hydroxyl groups excluding tert-OH is 1. The summed E-state index contributed by atoms with van der Waals surface area (Å²) >= 11 is 0. The summed E-state index contributed by atoms with van der Waals surface area (Å²) in [5.74, 6) is 0.421. The Morgan fingerprint density at radius 3 is 2.88 bits per heavy atom. The zero-order valence-corrected chi connectivity index (χ0v) is 9.63. The molecule has 5 heteroatoms. The Morgan fingerprint density at radius 1 is 1.62 bits per heavy atom. The van der Waals surface area contributed by atoms with Gasteiger partial charge in [-0.15, -0.1) is 0 Å². The normalized spacial score (nSPS) is 23.9. The van der Waals surface area contributed by atoms with E-state index in [0.29, 0.717) is 11.6 Å². The van der Waals surface area contributed by atoms with E-state index in [4.69, 9.17) is 0 Å². The third kappa shape index (κ3) is 2.24. The predicted octanol–water partition coefficient (Wildman–Crippen LogP) is 0.356. The van der Waals surface area contributed by atoms with Crippen molar-refractivity contribution in [3.8, 4) is 0 Å². The second kappa shape index (κ2) is 4.25. The molecule has 0 unspecified atom stereocenters. The van der Waals surface area contributed by atoms with Crippen molar-refractivity contribution in [2.24, 2.45) is 5.92 Å². The fraction of sp³-hybridized carbons (Fsp3) is 0.636. The van der Waals surface area contributed by atoms with Crippen LogP contribution >= 0.6 is 0 Å². The van der Waals surface area contributed by atoms with Gasteiger partial charge in [-0.2, -0.15) is 5.10 Å². The van der Waals surface area contributed by atoms with Gasteiger partial charge in [0.05, 0.1) is 6.10 Å². The smallest absolute Gasteiger partial charge is 0.273 e. The minimum atomic E-state index is -0.136. The molecule has 88 valence electrons. The van der Waals surface area contributed by atoms with E-state index in [1.54, 1.807) is 24.8 Å². The van der Waals surface area contributed by atoms with Gasteiger partial charge in [0.1, 0.15) is 5.69 Å². The molecule has 1 N–H and O–H groups in total. The lowest BCUT2D eigenvalue weighted by Crippen LogP contribution is -2.31. The van der Waals surface area contributed by atoms with Crippen LogP contribution < -0.4 is 0 Å². The SMILES string of the molecule is CN(C)C(=O)c1ccn(C[C@H]2C[C@@H](O)C2)n1. The topological polar surface area (TPSA) is 58.4 Å². The lowest BCUT2D eigenvalue weighted by molar-refractivity contribution is 0.0335. The molecule has 1 aliphatic rings. The minimum Gasteiger partial charge on any atom is -0.393 e. The Labute approximate surface area is 94.7 Å². The molecule has 0 radical (unpaired) electrons. The quantitative estimate of drug-likeness (QED) is 0.804. The van der Waals surface area contributed by atoms with Gasteiger partial charge in [0.15, 0.2) is 0 Å². The first-order valence-electron chi connectivity index (χ1n) is 5.49. The van der Waals surface area contributed by atoms with Gasteiger partial charge in [-0.3, -0.25) is 9.48 Å². The number of carbonyl (C=O) groups is 1. The van der Waals surface area contributed by atoms with Gasteiger partial charge in [-0.05, 0) is 24.8 Å². The standard InChI is InChI=1S/C11H17N3O2/c1-13(2)11(16)10-3-4-14(12-10)7-8-5-9(15)6-8/h3-4,8-9,15H,5-7H2,1-2H3/t8-,9+. The Bertz CT molecular complexity index is 380. The summed E-state index contributed by atoms with van der Waals surface area (Å²) in [6.45, 7) is 0.789. The maximum Gasteiger partial charge on any atom is 0.273 e. The molecule has 1 fully saturated rings. The Hall–Kier alpha value is -1.36. The average molecular weight is 223 g/mol. The van der Waals surface area contributed by atoms with E-state index in [1.807, 2.05) is 6.20 Å². The van der Waals surface area contributed by atoms with Gasteiger partial charge >= 0.3 is 0 Å². The zero-order valence-electron chi connectivity index (χ0n) is 9.63. The van der Waals surface area contributed by atoms with Crippen LogP contribution in [0.1, 0.15) is 23.3 Å². The van der Waals surface area contributed by atoms with Crippen LogP contribution in [0.25, 0.3) is 0 Å². The number of aromatic nitrogens is 2. The third-order valence-corrected chi connectivity index (χ3v) is 2.92. The van der Waals surface area contributed by atoms with Crippen molar-refractivity contribution in [1.29, 1.82) is 0 Å². The van der Waals surface area contributed by atoms with Gasteiger partial charge in [0.2, 0.25) is 0 Å². The van der Waals surface area contributed by atoms with E-state index in [1.165, 1.54) is 4.90 Å². The molecule has 16 heavy (non-hydrogen) atoms. The molecule has 1 heterocycles. The average Bonchev–Trinajstić information content (AvgIpc) is 2.62. The van der Waals surface area contributed by atoms with Crippen molar-refractivity contribution >= 4 is 5.91 Å². The molecule has 0 spiro atoms. The molecule has 0 aliphatic heterocycles. The van der Waals surface area contributed by atoms with Crippen LogP contribution in [0.15, 0.2) is 12.3 Å². The van der Waals surface area contributed by atoms with Crippen molar-refractivity contribution < 1.29 is 9.90 Å². The van der Waals surface area contributed by atoms with Gasteiger partial charge in [0.25, 0.3) is 5.91 Å². The molecule has 1 amide bonds. The van der Waals surface area contributed by atoms with Crippen LogP contribution in [0, 0.1) is 5.92 Å². The molecule has 0 aromatic carbocycles. The lowest BCUT2D eigenvalue weighted by Gasteiger charge is -2.31. The van der Waals surface area contributed by atoms with E-state index in [-0.39, 0.29) is 12.0 Å². The summed E-state index contributed by atoms with van der Waals surface area (Å²) in [7, 11) is 3.42. The van der Waals surface area contributed by atoms with Crippen molar-refractivity contribution in [1.82, 2.24) is 14.7 Å². The molecule has 0 atom stereocenters. The molecule has 0 bridgehead atoms. The maximum absolute atomic E-state index is 11.6. The molecule has 1 aromatic heterocycles. The highest BCUT2D eigenvalue weighted by molar-refractivity contribution is 5.91. The molecule has 0 saturated heterocycles. The Balaban J connectivity index is 1.94. The van der Waals surface area contributed by atoms with Crippen LogP contribution in [-0.4, -0.2) is 45.9 Å². The molecular formula is C11H17N3O2. The van der Waals surface area contributed by atoms with Crippen LogP contribution in [0.3, 0.4) is 0 Å². The van der Waals surface area contributed by atoms with Gasteiger partial charge in [0, 0.05) is 26.8 Å². The fourth-order valence-electron chi connectivity index (χ4n) is 1.92. The highest BCUT2D eigenvalue weighted by Crippen LogP contribution is 2.28. The van der Waals surface area contributed by atoms with Crippen LogP contribution in [0.4, 0.5) is 0 Å². The number of hydrogen-bond donors (Lipinski definition) is 1. The van der Waals surface area contributed by atoms with E-state index < -0.39 is 0 Å². The van der Waals surface area contributed by atoms with E-state index in [9.17, 15) is 9.90 Å². The van der Waals surface area contributed by atoms with Crippen molar-refractivity contribution in [2.45, 2.75) is 25.5 Å². The predicted molar refractivity (Wildman–Crippen MR) is 59.0 cm³/mol. The summed E-state index contributed by atoms with van der Waals surface area (Å²) in [6.07, 6.45) is 3.37. The zero-order chi connectivity index (χ0) is 11.7. The van der Waals surface area contributed by atoms with Gasteiger partial charge in [-0.1, -0.05) is 0 Å². The molecule has 1 saturated carbocycles. The number of rotatable bonds is 3. The fourth-order valence-corrected chi connectivity index (χ4v) is 1.92. The van der Waals surface area contributed by atoms with E-state index >= 15 is 0 Å². The Morgan fingerprint density at radius 2 is 2.31 bits per heavy atom. The van der Waals surface area contributed by atoms with Crippen molar-refractivity contribution in [2.75, 3.05) is 14.1 Å². The van der Waals surface area contributed by atoms with Crippen LogP contribution in [0.2, 0.25) is 0 Å². The van der Waals surface area contributed by atoms with Crippen LogP contribution in [-0.2, 0) is 6.54 Å². The minimum absolute atomic E-state index is 0.0765. The number of hydrogen-bond acceptors (Lipinski definition) is 3. The van der Waals surface area contributed by atoms with Crippen molar-refractivity contribution in [3.63, 3.8) is 0 Å².